The number of likely N-dealkylation sites (tertiary alicyclic amines) is 1. The predicted molar refractivity (Wildman–Crippen MR) is 77.5 cm³/mol. The van der Waals surface area contributed by atoms with Gasteiger partial charge in [-0.3, -0.25) is 4.90 Å². The Kier molecular flexibility index (Phi) is 4.79. The monoisotopic (exact) mass is 246 g/mol. The third-order valence-corrected chi connectivity index (χ3v) is 4.01. The molecule has 2 unspecified atom stereocenters. The maximum atomic E-state index is 3.64. The van der Waals surface area contributed by atoms with Crippen LogP contribution in [0.15, 0.2) is 30.3 Å². The Morgan fingerprint density at radius 2 is 1.72 bits per heavy atom. The first-order valence-corrected chi connectivity index (χ1v) is 7.20. The molecule has 1 aliphatic heterocycles. The third-order valence-electron chi connectivity index (χ3n) is 4.01. The summed E-state index contributed by atoms with van der Waals surface area (Å²) in [5.41, 5.74) is 1.43. The molecule has 18 heavy (non-hydrogen) atoms. The molecular weight excluding hydrogens is 220 g/mol. The summed E-state index contributed by atoms with van der Waals surface area (Å²) >= 11 is 0. The van der Waals surface area contributed by atoms with Gasteiger partial charge in [-0.1, -0.05) is 51.1 Å². The zero-order chi connectivity index (χ0) is 13.0. The molecule has 0 radical (unpaired) electrons. The SMILES string of the molecule is CCNC1C(C)CN(Cc2ccccc2)CC1C. The van der Waals surface area contributed by atoms with Gasteiger partial charge in [-0.05, 0) is 23.9 Å². The van der Waals surface area contributed by atoms with Crippen molar-refractivity contribution in [2.45, 2.75) is 33.4 Å². The summed E-state index contributed by atoms with van der Waals surface area (Å²) in [6.45, 7) is 11.5. The molecule has 0 amide bonds. The van der Waals surface area contributed by atoms with Gasteiger partial charge in [-0.2, -0.15) is 0 Å². The van der Waals surface area contributed by atoms with E-state index in [0.717, 1.165) is 24.9 Å². The average Bonchev–Trinajstić information content (AvgIpc) is 2.35. The molecule has 0 saturated carbocycles. The van der Waals surface area contributed by atoms with Crippen LogP contribution >= 0.6 is 0 Å². The highest BCUT2D eigenvalue weighted by molar-refractivity contribution is 5.14. The fourth-order valence-corrected chi connectivity index (χ4v) is 3.29. The van der Waals surface area contributed by atoms with Crippen molar-refractivity contribution >= 4 is 0 Å². The molecule has 1 N–H and O–H groups in total. The lowest BCUT2D eigenvalue weighted by molar-refractivity contribution is 0.0958. The molecule has 2 heteroatoms. The third kappa shape index (κ3) is 3.33. The number of rotatable bonds is 4. The lowest BCUT2D eigenvalue weighted by atomic mass is 9.85. The van der Waals surface area contributed by atoms with Crippen molar-refractivity contribution in [2.24, 2.45) is 11.8 Å². The average molecular weight is 246 g/mol. The van der Waals surface area contributed by atoms with Crippen molar-refractivity contribution in [3.05, 3.63) is 35.9 Å². The lowest BCUT2D eigenvalue weighted by Crippen LogP contribution is -2.53. The van der Waals surface area contributed by atoms with Crippen molar-refractivity contribution < 1.29 is 0 Å². The molecular formula is C16H26N2. The van der Waals surface area contributed by atoms with Gasteiger partial charge in [0, 0.05) is 25.7 Å². The molecule has 1 aromatic rings. The van der Waals surface area contributed by atoms with Crippen molar-refractivity contribution in [2.75, 3.05) is 19.6 Å². The standard InChI is InChI=1S/C16H26N2/c1-4-17-16-13(2)10-18(11-14(16)3)12-15-8-6-5-7-9-15/h5-9,13-14,16-17H,4,10-12H2,1-3H3. The van der Waals surface area contributed by atoms with Crippen LogP contribution in [0.2, 0.25) is 0 Å². The molecule has 2 nitrogen and oxygen atoms in total. The van der Waals surface area contributed by atoms with Crippen LogP contribution in [0.5, 0.6) is 0 Å². The Morgan fingerprint density at radius 1 is 1.11 bits per heavy atom. The number of nitrogens with one attached hydrogen (secondary N) is 1. The Hall–Kier alpha value is -0.860. The van der Waals surface area contributed by atoms with E-state index >= 15 is 0 Å². The van der Waals surface area contributed by atoms with Gasteiger partial charge in [-0.25, -0.2) is 0 Å². The fraction of sp³-hybridized carbons (Fsp3) is 0.625. The zero-order valence-corrected chi connectivity index (χ0v) is 11.9. The largest absolute Gasteiger partial charge is 0.314 e. The van der Waals surface area contributed by atoms with Gasteiger partial charge in [0.05, 0.1) is 0 Å². The lowest BCUT2D eigenvalue weighted by Gasteiger charge is -2.41. The highest BCUT2D eigenvalue weighted by Crippen LogP contribution is 2.23. The molecule has 0 spiro atoms. The molecule has 1 aliphatic rings. The van der Waals surface area contributed by atoms with Crippen molar-refractivity contribution in [3.8, 4) is 0 Å². The zero-order valence-electron chi connectivity index (χ0n) is 11.9. The van der Waals surface area contributed by atoms with Gasteiger partial charge in [0.1, 0.15) is 0 Å². The van der Waals surface area contributed by atoms with Crippen LogP contribution in [-0.4, -0.2) is 30.6 Å². The van der Waals surface area contributed by atoms with Gasteiger partial charge in [0.25, 0.3) is 0 Å². The summed E-state index contributed by atoms with van der Waals surface area (Å²) in [7, 11) is 0. The van der Waals surface area contributed by atoms with E-state index in [0.29, 0.717) is 6.04 Å². The smallest absolute Gasteiger partial charge is 0.0233 e. The van der Waals surface area contributed by atoms with Crippen molar-refractivity contribution in [1.82, 2.24) is 10.2 Å². The van der Waals surface area contributed by atoms with Crippen LogP contribution in [0.1, 0.15) is 26.3 Å². The van der Waals surface area contributed by atoms with Crippen LogP contribution in [0.3, 0.4) is 0 Å². The number of nitrogens with zero attached hydrogens (tertiary/aromatic N) is 1. The molecule has 0 aromatic heterocycles. The van der Waals surface area contributed by atoms with Gasteiger partial charge in [0.2, 0.25) is 0 Å². The second kappa shape index (κ2) is 6.35. The van der Waals surface area contributed by atoms with E-state index in [-0.39, 0.29) is 0 Å². The summed E-state index contributed by atoms with van der Waals surface area (Å²) < 4.78 is 0. The van der Waals surface area contributed by atoms with Gasteiger partial charge in [0.15, 0.2) is 0 Å². The molecule has 2 rings (SSSR count). The first kappa shape index (κ1) is 13.6. The normalized spacial score (nSPS) is 29.4. The summed E-state index contributed by atoms with van der Waals surface area (Å²) in [5.74, 6) is 1.47. The molecule has 0 bridgehead atoms. The summed E-state index contributed by atoms with van der Waals surface area (Å²) in [6, 6.07) is 11.5. The minimum atomic E-state index is 0.682. The second-order valence-electron chi connectivity index (χ2n) is 5.72. The Morgan fingerprint density at radius 3 is 2.28 bits per heavy atom. The van der Waals surface area contributed by atoms with Gasteiger partial charge in [-0.15, -0.1) is 0 Å². The maximum absolute atomic E-state index is 3.64. The highest BCUT2D eigenvalue weighted by atomic mass is 15.2. The molecule has 1 fully saturated rings. The first-order chi connectivity index (χ1) is 8.70. The molecule has 1 heterocycles. The van der Waals surface area contributed by atoms with Crippen LogP contribution < -0.4 is 5.32 Å². The summed E-state index contributed by atoms with van der Waals surface area (Å²) in [5, 5.41) is 3.64. The Bertz CT molecular complexity index is 337. The molecule has 100 valence electrons. The van der Waals surface area contributed by atoms with E-state index in [2.05, 4.69) is 61.3 Å². The van der Waals surface area contributed by atoms with Crippen molar-refractivity contribution in [1.29, 1.82) is 0 Å². The predicted octanol–water partition coefficient (Wildman–Crippen LogP) is 2.75. The molecule has 1 aromatic carbocycles. The number of piperidine rings is 1. The van der Waals surface area contributed by atoms with Crippen LogP contribution in [-0.2, 0) is 6.54 Å². The summed E-state index contributed by atoms with van der Waals surface area (Å²) in [4.78, 5) is 2.60. The van der Waals surface area contributed by atoms with E-state index in [9.17, 15) is 0 Å². The topological polar surface area (TPSA) is 15.3 Å². The Balaban J connectivity index is 1.93. The number of hydrogen-bond donors (Lipinski definition) is 1. The number of hydrogen-bond acceptors (Lipinski definition) is 2. The second-order valence-corrected chi connectivity index (χ2v) is 5.72. The van der Waals surface area contributed by atoms with Gasteiger partial charge < -0.3 is 5.32 Å². The minimum Gasteiger partial charge on any atom is -0.314 e. The first-order valence-electron chi connectivity index (χ1n) is 7.20. The van der Waals surface area contributed by atoms with E-state index < -0.39 is 0 Å². The Labute approximate surface area is 111 Å². The van der Waals surface area contributed by atoms with Crippen LogP contribution in [0.25, 0.3) is 0 Å². The summed E-state index contributed by atoms with van der Waals surface area (Å²) in [6.07, 6.45) is 0. The molecule has 2 atom stereocenters. The fourth-order valence-electron chi connectivity index (χ4n) is 3.29. The van der Waals surface area contributed by atoms with Gasteiger partial charge >= 0.3 is 0 Å². The van der Waals surface area contributed by atoms with Crippen molar-refractivity contribution in [3.63, 3.8) is 0 Å². The van der Waals surface area contributed by atoms with E-state index in [1.807, 2.05) is 0 Å². The van der Waals surface area contributed by atoms with E-state index in [1.54, 1.807) is 0 Å². The quantitative estimate of drug-likeness (QED) is 0.879. The van der Waals surface area contributed by atoms with E-state index in [1.165, 1.54) is 18.7 Å². The molecule has 0 aliphatic carbocycles. The van der Waals surface area contributed by atoms with Crippen LogP contribution in [0.4, 0.5) is 0 Å². The highest BCUT2D eigenvalue weighted by Gasteiger charge is 2.30. The van der Waals surface area contributed by atoms with Crippen LogP contribution in [0, 0.1) is 11.8 Å². The molecule has 1 saturated heterocycles. The van der Waals surface area contributed by atoms with E-state index in [4.69, 9.17) is 0 Å². The number of benzene rings is 1. The minimum absolute atomic E-state index is 0.682. The maximum Gasteiger partial charge on any atom is 0.0233 e.